The number of carbonyl (C=O) groups excluding carboxylic acids is 1. The molecule has 2 aromatic rings. The first-order valence-corrected chi connectivity index (χ1v) is 6.43. The zero-order valence-electron chi connectivity index (χ0n) is 10.3. The number of hydrogen-bond acceptors (Lipinski definition) is 1. The Hall–Kier alpha value is -2.04. The number of rotatable bonds is 2. The van der Waals surface area contributed by atoms with E-state index in [0.29, 0.717) is 21.2 Å². The summed E-state index contributed by atoms with van der Waals surface area (Å²) in [5.74, 6) is -0.800. The molecule has 0 aliphatic carbocycles. The smallest absolute Gasteiger partial charge is 0.280 e. The molecule has 0 bridgehead atoms. The molecule has 0 fully saturated rings. The molecular formula is C14H11Cl2N3O. The van der Waals surface area contributed by atoms with Crippen molar-refractivity contribution in [1.82, 2.24) is 0 Å². The molecule has 102 valence electrons. The van der Waals surface area contributed by atoms with E-state index in [9.17, 15) is 4.79 Å². The third-order valence-corrected chi connectivity index (χ3v) is 3.22. The molecule has 1 amide bonds. The second-order valence-electron chi connectivity index (χ2n) is 4.02. The van der Waals surface area contributed by atoms with E-state index in [-0.39, 0.29) is 5.96 Å². The Labute approximate surface area is 126 Å². The lowest BCUT2D eigenvalue weighted by molar-refractivity contribution is 0.100. The highest BCUT2D eigenvalue weighted by Crippen LogP contribution is 2.34. The Morgan fingerprint density at radius 2 is 1.60 bits per heavy atom. The van der Waals surface area contributed by atoms with Crippen LogP contribution >= 0.6 is 23.2 Å². The highest BCUT2D eigenvalue weighted by atomic mass is 35.5. The Bertz CT molecular complexity index is 674. The summed E-state index contributed by atoms with van der Waals surface area (Å²) in [6, 6.07) is 12.0. The molecule has 0 aliphatic heterocycles. The Morgan fingerprint density at radius 3 is 2.20 bits per heavy atom. The zero-order chi connectivity index (χ0) is 14.7. The summed E-state index contributed by atoms with van der Waals surface area (Å²) in [5, 5.41) is 1.01. The molecule has 0 aromatic heterocycles. The summed E-state index contributed by atoms with van der Waals surface area (Å²) in [5.41, 5.74) is 12.1. The number of nitrogens with two attached hydrogens (primary N) is 2. The van der Waals surface area contributed by atoms with Crippen molar-refractivity contribution in [2.24, 2.45) is 16.5 Å². The van der Waals surface area contributed by atoms with Crippen molar-refractivity contribution < 1.29 is 4.79 Å². The maximum absolute atomic E-state index is 11.8. The predicted octanol–water partition coefficient (Wildman–Crippen LogP) is 3.07. The summed E-state index contributed by atoms with van der Waals surface area (Å²) >= 11 is 12.3. The standard InChI is InChI=1S/C14H11Cl2N3O/c15-10-5-2-6-11(16)12(10)8-3-1-4-9(7-8)13(20)19-14(17)18/h1-7H,(H4,17,18,19,20). The first-order valence-electron chi connectivity index (χ1n) is 5.67. The topological polar surface area (TPSA) is 81.5 Å². The van der Waals surface area contributed by atoms with Crippen LogP contribution in [0.15, 0.2) is 47.5 Å². The molecule has 2 rings (SSSR count). The van der Waals surface area contributed by atoms with Gasteiger partial charge < -0.3 is 11.5 Å². The van der Waals surface area contributed by atoms with Gasteiger partial charge >= 0.3 is 0 Å². The van der Waals surface area contributed by atoms with Crippen LogP contribution in [0.1, 0.15) is 10.4 Å². The van der Waals surface area contributed by atoms with Crippen molar-refractivity contribution in [2.75, 3.05) is 0 Å². The van der Waals surface area contributed by atoms with Gasteiger partial charge in [-0.3, -0.25) is 4.79 Å². The number of hydrogen-bond donors (Lipinski definition) is 2. The van der Waals surface area contributed by atoms with Gasteiger partial charge in [-0.1, -0.05) is 41.4 Å². The van der Waals surface area contributed by atoms with Crippen molar-refractivity contribution >= 4 is 35.1 Å². The Morgan fingerprint density at radius 1 is 1.00 bits per heavy atom. The summed E-state index contributed by atoms with van der Waals surface area (Å²) in [4.78, 5) is 15.3. The zero-order valence-corrected chi connectivity index (χ0v) is 11.8. The molecule has 0 saturated carbocycles. The molecule has 6 heteroatoms. The van der Waals surface area contributed by atoms with Crippen LogP contribution in [-0.2, 0) is 0 Å². The molecule has 4 N–H and O–H groups in total. The molecule has 0 unspecified atom stereocenters. The third kappa shape index (κ3) is 3.10. The van der Waals surface area contributed by atoms with Gasteiger partial charge in [-0.15, -0.1) is 0 Å². The van der Waals surface area contributed by atoms with Crippen LogP contribution in [0, 0.1) is 0 Å². The van der Waals surface area contributed by atoms with Crippen LogP contribution in [0.25, 0.3) is 11.1 Å². The van der Waals surface area contributed by atoms with Gasteiger partial charge in [0.25, 0.3) is 5.91 Å². The molecule has 0 radical (unpaired) electrons. The van der Waals surface area contributed by atoms with Crippen LogP contribution in [0.5, 0.6) is 0 Å². The quantitative estimate of drug-likeness (QED) is 0.661. The monoisotopic (exact) mass is 307 g/mol. The van der Waals surface area contributed by atoms with E-state index in [1.165, 1.54) is 0 Å². The van der Waals surface area contributed by atoms with Gasteiger partial charge in [0, 0.05) is 21.2 Å². The van der Waals surface area contributed by atoms with Crippen molar-refractivity contribution in [2.45, 2.75) is 0 Å². The highest BCUT2D eigenvalue weighted by molar-refractivity contribution is 6.39. The van der Waals surface area contributed by atoms with Gasteiger partial charge in [-0.25, -0.2) is 0 Å². The number of nitrogens with zero attached hydrogens (tertiary/aromatic N) is 1. The fraction of sp³-hybridized carbons (Fsp3) is 0. The van der Waals surface area contributed by atoms with Crippen LogP contribution in [0.3, 0.4) is 0 Å². The summed E-state index contributed by atoms with van der Waals surface area (Å²) in [6.07, 6.45) is 0. The van der Waals surface area contributed by atoms with Gasteiger partial charge in [0.2, 0.25) is 0 Å². The normalized spacial score (nSPS) is 10.1. The van der Waals surface area contributed by atoms with E-state index in [1.807, 2.05) is 0 Å². The third-order valence-electron chi connectivity index (χ3n) is 2.59. The van der Waals surface area contributed by atoms with Crippen LogP contribution in [-0.4, -0.2) is 11.9 Å². The summed E-state index contributed by atoms with van der Waals surface area (Å²) in [7, 11) is 0. The molecule has 2 aromatic carbocycles. The van der Waals surface area contributed by atoms with Gasteiger partial charge in [-0.2, -0.15) is 4.99 Å². The van der Waals surface area contributed by atoms with Gasteiger partial charge in [0.1, 0.15) is 0 Å². The Balaban J connectivity index is 2.50. The van der Waals surface area contributed by atoms with E-state index < -0.39 is 5.91 Å². The minimum absolute atomic E-state index is 0.281. The first kappa shape index (κ1) is 14.4. The molecule has 0 spiro atoms. The lowest BCUT2D eigenvalue weighted by Gasteiger charge is -2.08. The van der Waals surface area contributed by atoms with Crippen molar-refractivity contribution in [3.05, 3.63) is 58.1 Å². The van der Waals surface area contributed by atoms with Crippen molar-refractivity contribution in [1.29, 1.82) is 0 Å². The van der Waals surface area contributed by atoms with Crippen molar-refractivity contribution in [3.63, 3.8) is 0 Å². The van der Waals surface area contributed by atoms with Crippen LogP contribution in [0.4, 0.5) is 0 Å². The van der Waals surface area contributed by atoms with E-state index in [2.05, 4.69) is 4.99 Å². The average molecular weight is 308 g/mol. The molecule has 20 heavy (non-hydrogen) atoms. The molecule has 4 nitrogen and oxygen atoms in total. The number of guanidine groups is 1. The van der Waals surface area contributed by atoms with E-state index in [0.717, 1.165) is 5.56 Å². The minimum atomic E-state index is -0.518. The van der Waals surface area contributed by atoms with Gasteiger partial charge in [0.15, 0.2) is 5.96 Å². The molecule has 0 heterocycles. The predicted molar refractivity (Wildman–Crippen MR) is 82.0 cm³/mol. The van der Waals surface area contributed by atoms with E-state index in [4.69, 9.17) is 34.7 Å². The second-order valence-corrected chi connectivity index (χ2v) is 4.83. The lowest BCUT2D eigenvalue weighted by atomic mass is 10.0. The Kier molecular flexibility index (Phi) is 4.27. The molecule has 0 atom stereocenters. The fourth-order valence-electron chi connectivity index (χ4n) is 1.76. The minimum Gasteiger partial charge on any atom is -0.370 e. The van der Waals surface area contributed by atoms with Gasteiger partial charge in [0.05, 0.1) is 0 Å². The molecule has 0 aliphatic rings. The first-order chi connectivity index (χ1) is 9.49. The largest absolute Gasteiger partial charge is 0.370 e. The maximum atomic E-state index is 11.8. The number of halogens is 2. The SMILES string of the molecule is NC(N)=NC(=O)c1cccc(-c2c(Cl)cccc2Cl)c1. The highest BCUT2D eigenvalue weighted by Gasteiger charge is 2.11. The molecule has 0 saturated heterocycles. The van der Waals surface area contributed by atoms with E-state index in [1.54, 1.807) is 42.5 Å². The van der Waals surface area contributed by atoms with Gasteiger partial charge in [-0.05, 0) is 29.8 Å². The number of benzene rings is 2. The average Bonchev–Trinajstić information content (AvgIpc) is 2.38. The van der Waals surface area contributed by atoms with Crippen molar-refractivity contribution in [3.8, 4) is 11.1 Å². The number of carbonyl (C=O) groups is 1. The van der Waals surface area contributed by atoms with Crippen LogP contribution < -0.4 is 11.5 Å². The molecular weight excluding hydrogens is 297 g/mol. The summed E-state index contributed by atoms with van der Waals surface area (Å²) < 4.78 is 0. The van der Waals surface area contributed by atoms with E-state index >= 15 is 0 Å². The maximum Gasteiger partial charge on any atom is 0.280 e. The van der Waals surface area contributed by atoms with Crippen LogP contribution in [0.2, 0.25) is 10.0 Å². The fourth-order valence-corrected chi connectivity index (χ4v) is 2.38. The second kappa shape index (κ2) is 5.94. The summed E-state index contributed by atoms with van der Waals surface area (Å²) in [6.45, 7) is 0. The number of aliphatic imine (C=N–C) groups is 1. The number of amides is 1. The lowest BCUT2D eigenvalue weighted by Crippen LogP contribution is -2.24.